The minimum atomic E-state index is 0.111. The van der Waals surface area contributed by atoms with Crippen LogP contribution in [0, 0.1) is 5.92 Å². The normalized spacial score (nSPS) is 23.3. The smallest absolute Gasteiger partial charge is 0.0834 e. The molecule has 0 radical (unpaired) electrons. The highest BCUT2D eigenvalue weighted by Crippen LogP contribution is 2.35. The van der Waals surface area contributed by atoms with Gasteiger partial charge in [0.1, 0.15) is 0 Å². The van der Waals surface area contributed by atoms with Gasteiger partial charge in [-0.05, 0) is 23.8 Å². The third kappa shape index (κ3) is 2.15. The number of hydrogen-bond acceptors (Lipinski definition) is 4. The SMILES string of the molecule is Cn1ncc(Cl)c1C(NN)C1CCSC1. The first-order chi connectivity index (χ1) is 7.24. The second-order valence-electron chi connectivity index (χ2n) is 3.77. The summed E-state index contributed by atoms with van der Waals surface area (Å²) >= 11 is 8.08. The number of nitrogens with two attached hydrogens (primary N) is 1. The fourth-order valence-electron chi connectivity index (χ4n) is 2.02. The molecular formula is C9H15ClN4S. The number of hydrazine groups is 1. The molecule has 0 bridgehead atoms. The average molecular weight is 247 g/mol. The fourth-order valence-corrected chi connectivity index (χ4v) is 3.61. The Bertz CT molecular complexity index is 315. The highest BCUT2D eigenvalue weighted by molar-refractivity contribution is 7.99. The summed E-state index contributed by atoms with van der Waals surface area (Å²) < 4.78 is 1.80. The molecule has 1 fully saturated rings. The Hall–Kier alpha value is -0.230. The first-order valence-corrected chi connectivity index (χ1v) is 6.48. The molecule has 15 heavy (non-hydrogen) atoms. The number of nitrogens with zero attached hydrogens (tertiary/aromatic N) is 2. The molecule has 0 amide bonds. The van der Waals surface area contributed by atoms with Crippen molar-refractivity contribution in [1.82, 2.24) is 15.2 Å². The first kappa shape index (κ1) is 11.3. The maximum atomic E-state index is 6.11. The topological polar surface area (TPSA) is 55.9 Å². The van der Waals surface area contributed by atoms with Crippen LogP contribution in [0.5, 0.6) is 0 Å². The van der Waals surface area contributed by atoms with Gasteiger partial charge in [-0.2, -0.15) is 16.9 Å². The number of aryl methyl sites for hydroxylation is 1. The van der Waals surface area contributed by atoms with Gasteiger partial charge in [0.15, 0.2) is 0 Å². The van der Waals surface area contributed by atoms with E-state index in [1.807, 2.05) is 18.8 Å². The molecule has 1 aromatic rings. The fraction of sp³-hybridized carbons (Fsp3) is 0.667. The van der Waals surface area contributed by atoms with E-state index in [0.717, 1.165) is 11.4 Å². The lowest BCUT2D eigenvalue weighted by atomic mass is 9.97. The summed E-state index contributed by atoms with van der Waals surface area (Å²) in [4.78, 5) is 0. The number of rotatable bonds is 3. The zero-order chi connectivity index (χ0) is 10.8. The van der Waals surface area contributed by atoms with Crippen molar-refractivity contribution in [3.63, 3.8) is 0 Å². The Kier molecular flexibility index (Phi) is 3.56. The lowest BCUT2D eigenvalue weighted by molar-refractivity contribution is 0.380. The van der Waals surface area contributed by atoms with Crippen molar-refractivity contribution in [2.45, 2.75) is 12.5 Å². The van der Waals surface area contributed by atoms with Crippen molar-refractivity contribution in [1.29, 1.82) is 0 Å². The molecule has 3 N–H and O–H groups in total. The van der Waals surface area contributed by atoms with E-state index in [-0.39, 0.29) is 6.04 Å². The van der Waals surface area contributed by atoms with Crippen LogP contribution >= 0.6 is 23.4 Å². The third-order valence-electron chi connectivity index (χ3n) is 2.85. The molecule has 2 atom stereocenters. The van der Waals surface area contributed by atoms with Crippen molar-refractivity contribution < 1.29 is 0 Å². The number of hydrogen-bond donors (Lipinski definition) is 2. The van der Waals surface area contributed by atoms with Crippen molar-refractivity contribution in [2.24, 2.45) is 18.8 Å². The predicted octanol–water partition coefficient (Wildman–Crippen LogP) is 1.33. The van der Waals surface area contributed by atoms with Gasteiger partial charge < -0.3 is 0 Å². The van der Waals surface area contributed by atoms with Gasteiger partial charge >= 0.3 is 0 Å². The van der Waals surface area contributed by atoms with Crippen LogP contribution in [0.15, 0.2) is 6.20 Å². The minimum absolute atomic E-state index is 0.111. The Morgan fingerprint density at radius 2 is 2.60 bits per heavy atom. The molecule has 0 spiro atoms. The van der Waals surface area contributed by atoms with Gasteiger partial charge in [-0.1, -0.05) is 11.6 Å². The van der Waals surface area contributed by atoms with Gasteiger partial charge in [-0.25, -0.2) is 0 Å². The predicted molar refractivity (Wildman–Crippen MR) is 63.7 cm³/mol. The molecular weight excluding hydrogens is 232 g/mol. The standard InChI is InChI=1S/C9H15ClN4S/c1-14-9(7(10)4-12-14)8(13-11)6-2-3-15-5-6/h4,6,8,13H,2-3,5,11H2,1H3. The minimum Gasteiger partial charge on any atom is -0.271 e. The summed E-state index contributed by atoms with van der Waals surface area (Å²) in [5, 5.41) is 4.83. The summed E-state index contributed by atoms with van der Waals surface area (Å²) in [6.45, 7) is 0. The van der Waals surface area contributed by atoms with E-state index in [9.17, 15) is 0 Å². The highest BCUT2D eigenvalue weighted by Gasteiger charge is 2.29. The van der Waals surface area contributed by atoms with E-state index in [2.05, 4.69) is 10.5 Å². The first-order valence-electron chi connectivity index (χ1n) is 4.95. The van der Waals surface area contributed by atoms with E-state index in [4.69, 9.17) is 17.4 Å². The number of thioether (sulfide) groups is 1. The van der Waals surface area contributed by atoms with Crippen LogP contribution in [-0.2, 0) is 7.05 Å². The van der Waals surface area contributed by atoms with Crippen LogP contribution in [-0.4, -0.2) is 21.3 Å². The molecule has 1 aliphatic rings. The van der Waals surface area contributed by atoms with Crippen molar-refractivity contribution in [3.05, 3.63) is 16.9 Å². The van der Waals surface area contributed by atoms with Crippen LogP contribution in [0.25, 0.3) is 0 Å². The van der Waals surface area contributed by atoms with Gasteiger partial charge in [0.2, 0.25) is 0 Å². The zero-order valence-corrected chi connectivity index (χ0v) is 10.2. The van der Waals surface area contributed by atoms with Crippen LogP contribution in [0.2, 0.25) is 5.02 Å². The zero-order valence-electron chi connectivity index (χ0n) is 8.61. The molecule has 4 nitrogen and oxygen atoms in total. The van der Waals surface area contributed by atoms with Gasteiger partial charge in [0.05, 0.1) is 23.0 Å². The molecule has 1 aliphatic heterocycles. The third-order valence-corrected chi connectivity index (χ3v) is 4.33. The number of nitrogens with one attached hydrogen (secondary N) is 1. The maximum Gasteiger partial charge on any atom is 0.0834 e. The molecule has 1 saturated heterocycles. The summed E-state index contributed by atoms with van der Waals surface area (Å²) in [6, 6.07) is 0.111. The van der Waals surface area contributed by atoms with Gasteiger partial charge in [0, 0.05) is 7.05 Å². The molecule has 1 aromatic heterocycles. The van der Waals surface area contributed by atoms with Gasteiger partial charge in [-0.15, -0.1) is 0 Å². The van der Waals surface area contributed by atoms with E-state index in [0.29, 0.717) is 10.9 Å². The molecule has 2 rings (SSSR count). The Morgan fingerprint density at radius 3 is 3.07 bits per heavy atom. The Morgan fingerprint density at radius 1 is 1.80 bits per heavy atom. The van der Waals surface area contributed by atoms with Crippen molar-refractivity contribution in [3.8, 4) is 0 Å². The van der Waals surface area contributed by atoms with Gasteiger partial charge in [0.25, 0.3) is 0 Å². The van der Waals surface area contributed by atoms with Crippen LogP contribution in [0.3, 0.4) is 0 Å². The lowest BCUT2D eigenvalue weighted by Gasteiger charge is -2.22. The van der Waals surface area contributed by atoms with Crippen LogP contribution in [0.1, 0.15) is 18.2 Å². The monoisotopic (exact) mass is 246 g/mol. The summed E-state index contributed by atoms with van der Waals surface area (Å²) in [7, 11) is 1.90. The molecule has 6 heteroatoms. The second kappa shape index (κ2) is 4.74. The second-order valence-corrected chi connectivity index (χ2v) is 5.33. The number of aromatic nitrogens is 2. The maximum absolute atomic E-state index is 6.11. The van der Waals surface area contributed by atoms with Gasteiger partial charge in [-0.3, -0.25) is 16.0 Å². The Labute approximate surface area is 98.5 Å². The molecule has 2 heterocycles. The van der Waals surface area contributed by atoms with E-state index < -0.39 is 0 Å². The molecule has 0 aromatic carbocycles. The van der Waals surface area contributed by atoms with E-state index in [1.165, 1.54) is 12.2 Å². The van der Waals surface area contributed by atoms with E-state index in [1.54, 1.807) is 10.9 Å². The van der Waals surface area contributed by atoms with Crippen molar-refractivity contribution in [2.75, 3.05) is 11.5 Å². The van der Waals surface area contributed by atoms with E-state index >= 15 is 0 Å². The molecule has 2 unspecified atom stereocenters. The molecule has 0 saturated carbocycles. The summed E-state index contributed by atoms with van der Waals surface area (Å²) in [5.74, 6) is 8.51. The molecule has 84 valence electrons. The average Bonchev–Trinajstić information content (AvgIpc) is 2.83. The van der Waals surface area contributed by atoms with Crippen LogP contribution in [0.4, 0.5) is 0 Å². The quantitative estimate of drug-likeness (QED) is 0.624. The summed E-state index contributed by atoms with van der Waals surface area (Å²) in [5.41, 5.74) is 3.86. The Balaban J connectivity index is 2.25. The highest BCUT2D eigenvalue weighted by atomic mass is 35.5. The van der Waals surface area contributed by atoms with Crippen LogP contribution < -0.4 is 11.3 Å². The molecule has 0 aliphatic carbocycles. The largest absolute Gasteiger partial charge is 0.271 e. The number of halogens is 1. The summed E-state index contributed by atoms with van der Waals surface area (Å²) in [6.07, 6.45) is 2.85. The van der Waals surface area contributed by atoms with Crippen molar-refractivity contribution >= 4 is 23.4 Å². The lowest BCUT2D eigenvalue weighted by Crippen LogP contribution is -2.35.